The molecule has 1 radical (unpaired) electrons. The Morgan fingerprint density at radius 1 is 0.409 bits per heavy atom. The van der Waals surface area contributed by atoms with Gasteiger partial charge in [0.25, 0.3) is 0 Å². The minimum Gasteiger partial charge on any atom is -0.248 e. The normalized spacial score (nSPS) is 11.0. The van der Waals surface area contributed by atoms with Crippen LogP contribution in [0, 0.1) is 10.8 Å². The van der Waals surface area contributed by atoms with Crippen LogP contribution in [-0.2, 0) is 20.1 Å². The second-order valence-corrected chi connectivity index (χ2v) is 13.5. The number of para-hydroxylation sites is 2. The minimum atomic E-state index is 0. The van der Waals surface area contributed by atoms with Gasteiger partial charge in [0, 0.05) is 42.0 Å². The molecule has 0 aliphatic heterocycles. The summed E-state index contributed by atoms with van der Waals surface area (Å²) in [6, 6.07) is 45.2. The molecule has 0 atom stereocenters. The van der Waals surface area contributed by atoms with Gasteiger partial charge in [0.1, 0.15) is 0 Å². The standard InChI is InChI=1S/2C15H11N.C11H24.Ir/c2*1-2-6-12(7-3-1)15-11-10-13-8-4-5-9-14(13)16-15;1-10(2,3)8-7-9-11(4,5)6;/h2*1-11H;7-9H2,1-6H3;. The number of fused-ring (bicyclic) bond motifs is 2. The van der Waals surface area contributed by atoms with Gasteiger partial charge >= 0.3 is 0 Å². The topological polar surface area (TPSA) is 25.8 Å². The molecule has 0 fully saturated rings. The van der Waals surface area contributed by atoms with Crippen molar-refractivity contribution in [1.29, 1.82) is 0 Å². The Balaban J connectivity index is 0.000000183. The Morgan fingerprint density at radius 2 is 0.750 bits per heavy atom. The summed E-state index contributed by atoms with van der Waals surface area (Å²) in [6.07, 6.45) is 4.07. The van der Waals surface area contributed by atoms with Crippen molar-refractivity contribution >= 4 is 21.8 Å². The van der Waals surface area contributed by atoms with Crippen LogP contribution in [-0.4, -0.2) is 9.97 Å². The van der Waals surface area contributed by atoms with E-state index in [0.717, 1.165) is 33.5 Å². The molecule has 0 aliphatic carbocycles. The Labute approximate surface area is 278 Å². The minimum absolute atomic E-state index is 0. The van der Waals surface area contributed by atoms with Crippen molar-refractivity contribution in [2.75, 3.05) is 0 Å². The summed E-state index contributed by atoms with van der Waals surface area (Å²) in [7, 11) is 0. The van der Waals surface area contributed by atoms with Crippen LogP contribution in [0.2, 0.25) is 0 Å². The molecule has 0 spiro atoms. The largest absolute Gasteiger partial charge is 0.248 e. The Morgan fingerprint density at radius 3 is 1.11 bits per heavy atom. The van der Waals surface area contributed by atoms with E-state index in [1.807, 2.05) is 72.8 Å². The second-order valence-electron chi connectivity index (χ2n) is 13.5. The van der Waals surface area contributed by atoms with Gasteiger partial charge in [-0.15, -0.1) is 0 Å². The molecule has 229 valence electrons. The predicted octanol–water partition coefficient (Wildman–Crippen LogP) is 12.0. The fourth-order valence-corrected chi connectivity index (χ4v) is 4.82. The van der Waals surface area contributed by atoms with Gasteiger partial charge in [-0.3, -0.25) is 0 Å². The van der Waals surface area contributed by atoms with Crippen LogP contribution >= 0.6 is 0 Å². The number of hydrogen-bond donors (Lipinski definition) is 0. The van der Waals surface area contributed by atoms with E-state index in [0.29, 0.717) is 10.8 Å². The van der Waals surface area contributed by atoms with Crippen molar-refractivity contribution < 1.29 is 20.1 Å². The molecule has 4 aromatic carbocycles. The molecular formula is C41H46IrN2. The quantitative estimate of drug-likeness (QED) is 0.179. The van der Waals surface area contributed by atoms with E-state index in [9.17, 15) is 0 Å². The van der Waals surface area contributed by atoms with Crippen LogP contribution in [0.25, 0.3) is 44.3 Å². The van der Waals surface area contributed by atoms with Crippen molar-refractivity contribution in [2.45, 2.75) is 60.8 Å². The van der Waals surface area contributed by atoms with E-state index in [-0.39, 0.29) is 20.1 Å². The van der Waals surface area contributed by atoms with Crippen LogP contribution < -0.4 is 0 Å². The molecule has 0 unspecified atom stereocenters. The van der Waals surface area contributed by atoms with E-state index in [1.54, 1.807) is 0 Å². The van der Waals surface area contributed by atoms with Gasteiger partial charge in [-0.25, -0.2) is 9.97 Å². The van der Waals surface area contributed by atoms with Gasteiger partial charge in [0.2, 0.25) is 0 Å². The summed E-state index contributed by atoms with van der Waals surface area (Å²) in [4.78, 5) is 9.29. The first-order valence-corrected chi connectivity index (χ1v) is 15.4. The number of nitrogens with zero attached hydrogens (tertiary/aromatic N) is 2. The Kier molecular flexibility index (Phi) is 13.0. The molecular weight excluding hydrogens is 713 g/mol. The van der Waals surface area contributed by atoms with E-state index in [4.69, 9.17) is 0 Å². The maximum Gasteiger partial charge on any atom is 0.0709 e. The van der Waals surface area contributed by atoms with Gasteiger partial charge < -0.3 is 0 Å². The predicted molar refractivity (Wildman–Crippen MR) is 187 cm³/mol. The Hall–Kier alpha value is -3.65. The Bertz CT molecular complexity index is 1570. The van der Waals surface area contributed by atoms with Gasteiger partial charge in [0.05, 0.1) is 22.4 Å². The first-order valence-electron chi connectivity index (χ1n) is 15.4. The molecule has 44 heavy (non-hydrogen) atoms. The number of hydrogen-bond acceptors (Lipinski definition) is 2. The maximum absolute atomic E-state index is 4.65. The van der Waals surface area contributed by atoms with Gasteiger partial charge in [-0.1, -0.05) is 157 Å². The number of benzene rings is 4. The fourth-order valence-electron chi connectivity index (χ4n) is 4.82. The van der Waals surface area contributed by atoms with Crippen molar-refractivity contribution in [2.24, 2.45) is 10.8 Å². The molecule has 6 rings (SSSR count). The van der Waals surface area contributed by atoms with Crippen molar-refractivity contribution in [1.82, 2.24) is 9.97 Å². The molecule has 3 heteroatoms. The van der Waals surface area contributed by atoms with Crippen LogP contribution in [0.3, 0.4) is 0 Å². The van der Waals surface area contributed by atoms with Gasteiger partial charge in [-0.2, -0.15) is 0 Å². The summed E-state index contributed by atoms with van der Waals surface area (Å²) in [5.41, 5.74) is 7.50. The number of aromatic nitrogens is 2. The number of pyridine rings is 2. The molecule has 0 N–H and O–H groups in total. The third-order valence-corrected chi connectivity index (χ3v) is 7.19. The molecule has 2 nitrogen and oxygen atoms in total. The van der Waals surface area contributed by atoms with E-state index in [1.165, 1.54) is 30.0 Å². The SMILES string of the molecule is CC(C)(C)CCCC(C)(C)C.[Ir].c1ccc(-c2ccc3ccccc3n2)cc1.c1ccc(-c2ccc3ccccc3n2)cc1. The fraction of sp³-hybridized carbons (Fsp3) is 0.268. The van der Waals surface area contributed by atoms with Crippen molar-refractivity contribution in [3.8, 4) is 22.5 Å². The van der Waals surface area contributed by atoms with Crippen LogP contribution in [0.5, 0.6) is 0 Å². The zero-order valence-electron chi connectivity index (χ0n) is 27.1. The third-order valence-electron chi connectivity index (χ3n) is 7.19. The van der Waals surface area contributed by atoms with Crippen LogP contribution in [0.1, 0.15) is 60.8 Å². The summed E-state index contributed by atoms with van der Waals surface area (Å²) in [5.74, 6) is 0. The average molecular weight is 759 g/mol. The zero-order chi connectivity index (χ0) is 30.7. The van der Waals surface area contributed by atoms with E-state index < -0.39 is 0 Å². The molecule has 0 saturated carbocycles. The third kappa shape index (κ3) is 11.5. The molecule has 0 saturated heterocycles. The van der Waals surface area contributed by atoms with Gasteiger partial charge in [-0.05, 0) is 47.9 Å². The van der Waals surface area contributed by atoms with Crippen molar-refractivity contribution in [3.05, 3.63) is 133 Å². The van der Waals surface area contributed by atoms with E-state index in [2.05, 4.69) is 112 Å². The molecule has 6 aromatic rings. The first-order chi connectivity index (χ1) is 20.6. The second kappa shape index (κ2) is 16.4. The molecule has 0 aliphatic rings. The van der Waals surface area contributed by atoms with Crippen LogP contribution in [0.15, 0.2) is 133 Å². The monoisotopic (exact) mass is 759 g/mol. The number of rotatable bonds is 4. The molecule has 2 aromatic heterocycles. The maximum atomic E-state index is 4.65. The molecule has 0 amide bonds. The van der Waals surface area contributed by atoms with Crippen LogP contribution in [0.4, 0.5) is 0 Å². The average Bonchev–Trinajstić information content (AvgIpc) is 3.01. The van der Waals surface area contributed by atoms with E-state index >= 15 is 0 Å². The molecule has 2 heterocycles. The summed E-state index contributed by atoms with van der Waals surface area (Å²) >= 11 is 0. The van der Waals surface area contributed by atoms with Gasteiger partial charge in [0.15, 0.2) is 0 Å². The zero-order valence-corrected chi connectivity index (χ0v) is 29.4. The summed E-state index contributed by atoms with van der Waals surface area (Å²) in [5, 5.41) is 2.37. The smallest absolute Gasteiger partial charge is 0.0709 e. The first kappa shape index (κ1) is 34.8. The summed E-state index contributed by atoms with van der Waals surface area (Å²) < 4.78 is 0. The molecule has 0 bridgehead atoms. The summed E-state index contributed by atoms with van der Waals surface area (Å²) in [6.45, 7) is 13.9. The van der Waals surface area contributed by atoms with Crippen molar-refractivity contribution in [3.63, 3.8) is 0 Å².